The van der Waals surface area contributed by atoms with Crippen LogP contribution in [0.5, 0.6) is 0 Å². The van der Waals surface area contributed by atoms with Crippen molar-refractivity contribution in [3.05, 3.63) is 28.0 Å². The van der Waals surface area contributed by atoms with E-state index in [1.54, 1.807) is 36.3 Å². The van der Waals surface area contributed by atoms with Gasteiger partial charge in [-0.05, 0) is 0 Å². The zero-order valence-corrected chi connectivity index (χ0v) is 11.6. The fourth-order valence-electron chi connectivity index (χ4n) is 1.17. The first-order chi connectivity index (χ1) is 8.81. The fraction of sp³-hybridized carbons (Fsp3) is 0.364. The summed E-state index contributed by atoms with van der Waals surface area (Å²) in [7, 11) is 1.68. The summed E-state index contributed by atoms with van der Waals surface area (Å²) < 4.78 is 0. The van der Waals surface area contributed by atoms with Crippen LogP contribution in [-0.4, -0.2) is 24.3 Å². The molecular formula is C11H13N5S2. The standard InChI is InChI=1S/C11H13N5S2/c1-14-11(9(6-12)7-13)16-2-4-17-8-10-15-3-5-18-10/h3,5,14,16H,2,4,8H2,1H3. The molecule has 0 saturated heterocycles. The molecule has 0 spiro atoms. The summed E-state index contributed by atoms with van der Waals surface area (Å²) in [6, 6.07) is 3.69. The van der Waals surface area contributed by atoms with Crippen LogP contribution in [0, 0.1) is 22.7 Å². The van der Waals surface area contributed by atoms with Crippen LogP contribution in [0.15, 0.2) is 23.0 Å². The first kappa shape index (κ1) is 14.4. The minimum absolute atomic E-state index is 0.0717. The third-order valence-corrected chi connectivity index (χ3v) is 3.91. The van der Waals surface area contributed by atoms with E-state index in [2.05, 4.69) is 15.6 Å². The summed E-state index contributed by atoms with van der Waals surface area (Å²) in [6.45, 7) is 0.694. The van der Waals surface area contributed by atoms with Crippen LogP contribution in [0.25, 0.3) is 0 Å². The van der Waals surface area contributed by atoms with Gasteiger partial charge in [0.25, 0.3) is 0 Å². The lowest BCUT2D eigenvalue weighted by Gasteiger charge is -2.09. The second kappa shape index (κ2) is 8.40. The van der Waals surface area contributed by atoms with Gasteiger partial charge in [0, 0.05) is 36.7 Å². The molecule has 0 atom stereocenters. The molecule has 18 heavy (non-hydrogen) atoms. The first-order valence-electron chi connectivity index (χ1n) is 5.24. The molecule has 1 aromatic rings. The van der Waals surface area contributed by atoms with Crippen LogP contribution in [-0.2, 0) is 5.75 Å². The average Bonchev–Trinajstić information content (AvgIpc) is 2.90. The van der Waals surface area contributed by atoms with Crippen LogP contribution < -0.4 is 10.6 Å². The number of thiazole rings is 1. The summed E-state index contributed by atoms with van der Waals surface area (Å²) in [4.78, 5) is 4.19. The molecule has 0 bridgehead atoms. The summed E-state index contributed by atoms with van der Waals surface area (Å²) >= 11 is 3.40. The second-order valence-electron chi connectivity index (χ2n) is 3.13. The number of hydrogen-bond donors (Lipinski definition) is 2. The zero-order valence-electron chi connectivity index (χ0n) is 9.93. The van der Waals surface area contributed by atoms with Gasteiger partial charge in [-0.3, -0.25) is 0 Å². The highest BCUT2D eigenvalue weighted by Crippen LogP contribution is 2.13. The van der Waals surface area contributed by atoms with Crippen molar-refractivity contribution in [1.29, 1.82) is 10.5 Å². The molecular weight excluding hydrogens is 266 g/mol. The van der Waals surface area contributed by atoms with E-state index in [4.69, 9.17) is 10.5 Å². The largest absolute Gasteiger partial charge is 0.373 e. The number of rotatable bonds is 7. The first-order valence-corrected chi connectivity index (χ1v) is 7.27. The number of nitriles is 2. The number of allylic oxidation sites excluding steroid dienone is 1. The number of hydrogen-bond acceptors (Lipinski definition) is 7. The van der Waals surface area contributed by atoms with E-state index in [9.17, 15) is 0 Å². The molecule has 0 saturated carbocycles. The van der Waals surface area contributed by atoms with Gasteiger partial charge in [0.05, 0.1) is 0 Å². The van der Waals surface area contributed by atoms with Gasteiger partial charge in [-0.25, -0.2) is 4.98 Å². The normalized spacial score (nSPS) is 9.06. The molecule has 0 aliphatic heterocycles. The lowest BCUT2D eigenvalue weighted by Crippen LogP contribution is -2.27. The average molecular weight is 279 g/mol. The van der Waals surface area contributed by atoms with E-state index in [0.29, 0.717) is 12.4 Å². The maximum Gasteiger partial charge on any atom is 0.169 e. The predicted octanol–water partition coefficient (Wildman–Crippen LogP) is 1.44. The summed E-state index contributed by atoms with van der Waals surface area (Å²) in [5, 5.41) is 26.4. The molecule has 1 aromatic heterocycles. The fourth-order valence-corrected chi connectivity index (χ4v) is 2.73. The van der Waals surface area contributed by atoms with Gasteiger partial charge in [-0.1, -0.05) is 0 Å². The molecule has 1 rings (SSSR count). The Morgan fingerprint density at radius 2 is 2.28 bits per heavy atom. The Kier molecular flexibility index (Phi) is 6.70. The lowest BCUT2D eigenvalue weighted by atomic mass is 10.3. The van der Waals surface area contributed by atoms with E-state index in [1.807, 2.05) is 17.5 Å². The predicted molar refractivity (Wildman–Crippen MR) is 73.6 cm³/mol. The van der Waals surface area contributed by atoms with Crippen molar-refractivity contribution in [2.24, 2.45) is 0 Å². The quantitative estimate of drug-likeness (QED) is 0.580. The van der Waals surface area contributed by atoms with E-state index in [0.717, 1.165) is 16.5 Å². The smallest absolute Gasteiger partial charge is 0.169 e. The molecule has 5 nitrogen and oxygen atoms in total. The van der Waals surface area contributed by atoms with Gasteiger partial charge in [-0.15, -0.1) is 11.3 Å². The van der Waals surface area contributed by atoms with Crippen molar-refractivity contribution >= 4 is 23.1 Å². The molecule has 0 amide bonds. The highest BCUT2D eigenvalue weighted by molar-refractivity contribution is 7.98. The molecule has 94 valence electrons. The van der Waals surface area contributed by atoms with Gasteiger partial charge < -0.3 is 10.6 Å². The third kappa shape index (κ3) is 4.66. The van der Waals surface area contributed by atoms with Crippen molar-refractivity contribution in [2.75, 3.05) is 19.3 Å². The number of thioether (sulfide) groups is 1. The second-order valence-corrected chi connectivity index (χ2v) is 5.21. The number of aromatic nitrogens is 1. The molecule has 7 heteroatoms. The summed E-state index contributed by atoms with van der Waals surface area (Å²) in [5.41, 5.74) is 0.0717. The van der Waals surface area contributed by atoms with Crippen molar-refractivity contribution in [3.63, 3.8) is 0 Å². The Labute approximate surface area is 115 Å². The van der Waals surface area contributed by atoms with Crippen molar-refractivity contribution in [2.45, 2.75) is 5.75 Å². The highest BCUT2D eigenvalue weighted by Gasteiger charge is 2.03. The maximum absolute atomic E-state index is 8.73. The molecule has 2 N–H and O–H groups in total. The molecule has 0 fully saturated rings. The Hall–Kier alpha value is -1.70. The molecule has 0 aliphatic carbocycles. The van der Waals surface area contributed by atoms with Crippen LogP contribution >= 0.6 is 23.1 Å². The van der Waals surface area contributed by atoms with E-state index >= 15 is 0 Å². The van der Waals surface area contributed by atoms with Crippen molar-refractivity contribution < 1.29 is 0 Å². The maximum atomic E-state index is 8.73. The molecule has 0 aliphatic rings. The molecule has 0 radical (unpaired) electrons. The van der Waals surface area contributed by atoms with E-state index in [1.165, 1.54) is 0 Å². The van der Waals surface area contributed by atoms with Crippen molar-refractivity contribution in [1.82, 2.24) is 15.6 Å². The van der Waals surface area contributed by atoms with E-state index < -0.39 is 0 Å². The third-order valence-electron chi connectivity index (χ3n) is 1.98. The topological polar surface area (TPSA) is 84.5 Å². The molecule has 1 heterocycles. The minimum Gasteiger partial charge on any atom is -0.373 e. The Morgan fingerprint density at radius 1 is 1.50 bits per heavy atom. The Balaban J connectivity index is 2.27. The SMILES string of the molecule is CNC(NCCSCc1nccs1)=C(C#N)C#N. The van der Waals surface area contributed by atoms with Crippen LogP contribution in [0.4, 0.5) is 0 Å². The van der Waals surface area contributed by atoms with Gasteiger partial charge >= 0.3 is 0 Å². The monoisotopic (exact) mass is 279 g/mol. The minimum atomic E-state index is 0.0717. The zero-order chi connectivity index (χ0) is 13.2. The number of nitrogens with one attached hydrogen (secondary N) is 2. The van der Waals surface area contributed by atoms with Gasteiger partial charge in [0.2, 0.25) is 0 Å². The van der Waals surface area contributed by atoms with Crippen LogP contribution in [0.3, 0.4) is 0 Å². The Bertz CT molecular complexity index is 451. The van der Waals surface area contributed by atoms with Crippen LogP contribution in [0.1, 0.15) is 5.01 Å². The molecule has 0 aromatic carbocycles. The Morgan fingerprint density at radius 3 is 2.83 bits per heavy atom. The van der Waals surface area contributed by atoms with Crippen LogP contribution in [0.2, 0.25) is 0 Å². The molecule has 0 unspecified atom stereocenters. The van der Waals surface area contributed by atoms with Gasteiger partial charge in [0.1, 0.15) is 23.0 Å². The van der Waals surface area contributed by atoms with Gasteiger partial charge in [0.15, 0.2) is 5.57 Å². The van der Waals surface area contributed by atoms with Crippen molar-refractivity contribution in [3.8, 4) is 12.1 Å². The van der Waals surface area contributed by atoms with E-state index in [-0.39, 0.29) is 5.57 Å². The summed E-state index contributed by atoms with van der Waals surface area (Å²) in [5.74, 6) is 2.26. The number of nitrogens with zero attached hydrogens (tertiary/aromatic N) is 3. The summed E-state index contributed by atoms with van der Waals surface area (Å²) in [6.07, 6.45) is 1.80. The van der Waals surface area contributed by atoms with Gasteiger partial charge in [-0.2, -0.15) is 22.3 Å². The highest BCUT2D eigenvalue weighted by atomic mass is 32.2. The lowest BCUT2D eigenvalue weighted by molar-refractivity contribution is 0.765.